The van der Waals surface area contributed by atoms with Crippen molar-refractivity contribution in [2.75, 3.05) is 0 Å². The number of rotatable bonds is 6. The van der Waals surface area contributed by atoms with Crippen molar-refractivity contribution >= 4 is 11.6 Å². The van der Waals surface area contributed by atoms with Crippen LogP contribution < -0.4 is 0 Å². The molecule has 0 N–H and O–H groups in total. The van der Waals surface area contributed by atoms with E-state index < -0.39 is 17.4 Å². The number of hydrogen-bond donors (Lipinski definition) is 0. The first-order valence-corrected chi connectivity index (χ1v) is 11.0. The first kappa shape index (κ1) is 22.8. The van der Waals surface area contributed by atoms with E-state index in [9.17, 15) is 22.8 Å². The summed E-state index contributed by atoms with van der Waals surface area (Å²) in [6.45, 7) is 1.44. The summed E-state index contributed by atoms with van der Waals surface area (Å²) in [7, 11) is 0. The van der Waals surface area contributed by atoms with Gasteiger partial charge in [-0.2, -0.15) is 13.2 Å². The zero-order valence-corrected chi connectivity index (χ0v) is 18.6. The number of hydrogen-bond acceptors (Lipinski definition) is 6. The van der Waals surface area contributed by atoms with E-state index >= 15 is 0 Å². The van der Waals surface area contributed by atoms with Gasteiger partial charge in [0.25, 0.3) is 0 Å². The van der Waals surface area contributed by atoms with Crippen molar-refractivity contribution in [3.8, 4) is 34.0 Å². The Kier molecular flexibility index (Phi) is 5.62. The molecule has 0 radical (unpaired) electrons. The van der Waals surface area contributed by atoms with E-state index in [1.54, 1.807) is 36.4 Å². The Bertz CT molecular complexity index is 1430. The third-order valence-electron chi connectivity index (χ3n) is 6.05. The van der Waals surface area contributed by atoms with Crippen LogP contribution in [0.3, 0.4) is 0 Å². The smallest absolute Gasteiger partial charge is 0.355 e. The van der Waals surface area contributed by atoms with Gasteiger partial charge in [-0.25, -0.2) is 0 Å². The Morgan fingerprint density at radius 3 is 2.34 bits per heavy atom. The number of aryl methyl sites for hydroxylation is 1. The molecule has 0 fully saturated rings. The molecule has 2 aromatic carbocycles. The van der Waals surface area contributed by atoms with Gasteiger partial charge in [-0.3, -0.25) is 4.79 Å². The Labute approximate surface area is 197 Å². The summed E-state index contributed by atoms with van der Waals surface area (Å²) in [5, 5.41) is 7.80. The fourth-order valence-corrected chi connectivity index (χ4v) is 4.33. The number of halogens is 3. The lowest BCUT2D eigenvalue weighted by atomic mass is 9.86. The van der Waals surface area contributed by atoms with Crippen LogP contribution in [0.15, 0.2) is 57.6 Å². The van der Waals surface area contributed by atoms with Crippen molar-refractivity contribution in [2.45, 2.75) is 38.8 Å². The number of fused-ring (bicyclic) bond motifs is 3. The maximum Gasteiger partial charge on any atom is 0.422 e. The number of aromatic nitrogens is 2. The van der Waals surface area contributed by atoms with E-state index in [0.717, 1.165) is 5.56 Å². The molecule has 0 aliphatic heterocycles. The quantitative estimate of drug-likeness (QED) is 0.300. The van der Waals surface area contributed by atoms with E-state index in [1.165, 1.54) is 19.1 Å². The van der Waals surface area contributed by atoms with Crippen molar-refractivity contribution < 1.29 is 31.8 Å². The minimum absolute atomic E-state index is 0.0578. The van der Waals surface area contributed by atoms with E-state index in [2.05, 4.69) is 10.3 Å². The third-order valence-corrected chi connectivity index (χ3v) is 6.05. The van der Waals surface area contributed by atoms with Crippen molar-refractivity contribution in [3.05, 3.63) is 70.8 Å². The van der Waals surface area contributed by atoms with Crippen molar-refractivity contribution in [1.82, 2.24) is 10.3 Å². The SMILES string of the molecule is CC(=O)CCC(=O)c1ccc2c(c1)CCc1c-2noc1-c1noc(-c2ccccc2)c1C(F)(F)F. The van der Waals surface area contributed by atoms with Crippen molar-refractivity contribution in [2.24, 2.45) is 0 Å². The van der Waals surface area contributed by atoms with Gasteiger partial charge in [0, 0.05) is 35.1 Å². The van der Waals surface area contributed by atoms with Gasteiger partial charge in [0.1, 0.15) is 17.0 Å². The molecule has 178 valence electrons. The number of carbonyl (C=O) groups is 2. The highest BCUT2D eigenvalue weighted by Gasteiger charge is 2.43. The summed E-state index contributed by atoms with van der Waals surface area (Å²) >= 11 is 0. The number of benzene rings is 2. The second-order valence-corrected chi connectivity index (χ2v) is 8.44. The second kappa shape index (κ2) is 8.65. The second-order valence-electron chi connectivity index (χ2n) is 8.44. The van der Waals surface area contributed by atoms with E-state index in [4.69, 9.17) is 9.05 Å². The maximum atomic E-state index is 14.1. The molecule has 2 aromatic heterocycles. The molecule has 0 atom stereocenters. The van der Waals surface area contributed by atoms with Gasteiger partial charge >= 0.3 is 6.18 Å². The molecule has 5 rings (SSSR count). The molecule has 4 aromatic rings. The molecule has 1 aliphatic rings. The topological polar surface area (TPSA) is 86.2 Å². The van der Waals surface area contributed by atoms with Crippen LogP contribution >= 0.6 is 0 Å². The predicted octanol–water partition coefficient (Wildman–Crippen LogP) is 6.33. The number of nitrogens with zero attached hydrogens (tertiary/aromatic N) is 2. The zero-order chi connectivity index (χ0) is 24.7. The number of alkyl halides is 3. The van der Waals surface area contributed by atoms with Gasteiger partial charge < -0.3 is 13.8 Å². The average Bonchev–Trinajstić information content (AvgIpc) is 3.47. The van der Waals surface area contributed by atoms with Gasteiger partial charge in [0.15, 0.2) is 23.0 Å². The predicted molar refractivity (Wildman–Crippen MR) is 120 cm³/mol. The first-order chi connectivity index (χ1) is 16.7. The van der Waals surface area contributed by atoms with Gasteiger partial charge in [-0.1, -0.05) is 52.8 Å². The summed E-state index contributed by atoms with van der Waals surface area (Å²) in [4.78, 5) is 23.6. The Morgan fingerprint density at radius 1 is 0.914 bits per heavy atom. The highest BCUT2D eigenvalue weighted by Crippen LogP contribution is 2.46. The molecule has 6 nitrogen and oxygen atoms in total. The molecule has 9 heteroatoms. The fourth-order valence-electron chi connectivity index (χ4n) is 4.33. The molecule has 1 aliphatic carbocycles. The van der Waals surface area contributed by atoms with Gasteiger partial charge in [0.2, 0.25) is 0 Å². The average molecular weight is 480 g/mol. The lowest BCUT2D eigenvalue weighted by Crippen LogP contribution is -2.09. The van der Waals surface area contributed by atoms with Crippen molar-refractivity contribution in [1.29, 1.82) is 0 Å². The highest BCUT2D eigenvalue weighted by atomic mass is 19.4. The lowest BCUT2D eigenvalue weighted by Gasteiger charge is -2.16. The summed E-state index contributed by atoms with van der Waals surface area (Å²) in [5.74, 6) is -0.660. The molecule has 0 saturated heterocycles. The van der Waals surface area contributed by atoms with Crippen LogP contribution in [0.2, 0.25) is 0 Å². The minimum atomic E-state index is -4.73. The molecule has 0 unspecified atom stereocenters. The molecule has 0 bridgehead atoms. The van der Waals surface area contributed by atoms with E-state index in [0.29, 0.717) is 35.2 Å². The summed E-state index contributed by atoms with van der Waals surface area (Å²) in [6.07, 6.45) is -3.59. The largest absolute Gasteiger partial charge is 0.422 e. The Balaban J connectivity index is 1.54. The Morgan fingerprint density at radius 2 is 1.63 bits per heavy atom. The lowest BCUT2D eigenvalue weighted by molar-refractivity contribution is -0.136. The Hall–Kier alpha value is -4.01. The molecule has 0 amide bonds. The van der Waals surface area contributed by atoms with E-state index in [1.807, 2.05) is 0 Å². The van der Waals surface area contributed by atoms with Crippen LogP contribution in [0.4, 0.5) is 13.2 Å². The molecule has 2 heterocycles. The summed E-state index contributed by atoms with van der Waals surface area (Å²) in [6, 6.07) is 13.1. The number of carbonyl (C=O) groups excluding carboxylic acids is 2. The fraction of sp³-hybridized carbons (Fsp3) is 0.231. The van der Waals surface area contributed by atoms with Crippen LogP contribution in [0.25, 0.3) is 34.0 Å². The summed E-state index contributed by atoms with van der Waals surface area (Å²) < 4.78 is 52.9. The van der Waals surface area contributed by atoms with E-state index in [-0.39, 0.29) is 41.5 Å². The molecular weight excluding hydrogens is 461 g/mol. The van der Waals surface area contributed by atoms with Crippen LogP contribution in [0.1, 0.15) is 46.8 Å². The van der Waals surface area contributed by atoms with Crippen LogP contribution in [-0.2, 0) is 23.8 Å². The van der Waals surface area contributed by atoms with Gasteiger partial charge in [-0.05, 0) is 31.4 Å². The van der Waals surface area contributed by atoms with Crippen LogP contribution in [0, 0.1) is 0 Å². The van der Waals surface area contributed by atoms with Gasteiger partial charge in [0.05, 0.1) is 0 Å². The standard InChI is InChI=1S/C26H19F3N2O4/c1-14(32)7-12-20(33)17-9-10-18-16(13-17)8-11-19-22(18)30-35-25(19)23-21(26(27,28)29)24(34-31-23)15-5-3-2-4-6-15/h2-6,9-10,13H,7-8,11-12H2,1H3. The molecule has 0 spiro atoms. The minimum Gasteiger partial charge on any atom is -0.355 e. The molecule has 0 saturated carbocycles. The van der Waals surface area contributed by atoms with Crippen LogP contribution in [0.5, 0.6) is 0 Å². The first-order valence-electron chi connectivity index (χ1n) is 11.0. The monoisotopic (exact) mass is 480 g/mol. The number of ketones is 2. The number of Topliss-reactive ketones (excluding diaryl/α,β-unsaturated/α-hetero) is 2. The highest BCUT2D eigenvalue weighted by molar-refractivity contribution is 5.98. The summed E-state index contributed by atoms with van der Waals surface area (Å²) in [5.41, 5.74) is 1.73. The third kappa shape index (κ3) is 4.18. The van der Waals surface area contributed by atoms with Crippen LogP contribution in [-0.4, -0.2) is 21.9 Å². The molecule has 35 heavy (non-hydrogen) atoms. The molecular formula is C26H19F3N2O4. The van der Waals surface area contributed by atoms with Crippen molar-refractivity contribution in [3.63, 3.8) is 0 Å². The zero-order valence-electron chi connectivity index (χ0n) is 18.6. The maximum absolute atomic E-state index is 14.1. The van der Waals surface area contributed by atoms with Gasteiger partial charge in [-0.15, -0.1) is 0 Å². The normalized spacial score (nSPS) is 12.8.